The van der Waals surface area contributed by atoms with E-state index in [-0.39, 0.29) is 5.56 Å². The molecule has 2 aliphatic heterocycles. The van der Waals surface area contributed by atoms with Gasteiger partial charge in [0.1, 0.15) is 11.4 Å². The van der Waals surface area contributed by atoms with E-state index in [4.69, 9.17) is 16.3 Å². The number of hydrogen-bond donors (Lipinski definition) is 0. The van der Waals surface area contributed by atoms with Crippen molar-refractivity contribution in [3.05, 3.63) is 86.9 Å². The van der Waals surface area contributed by atoms with Crippen LogP contribution in [0.5, 0.6) is 5.75 Å². The van der Waals surface area contributed by atoms with Crippen LogP contribution in [0.3, 0.4) is 0 Å². The Morgan fingerprint density at radius 2 is 2.00 bits per heavy atom. The van der Waals surface area contributed by atoms with E-state index in [0.29, 0.717) is 28.9 Å². The Morgan fingerprint density at radius 3 is 2.91 bits per heavy atom. The Hall–Kier alpha value is -2.89. The molecule has 0 aliphatic carbocycles. The molecule has 0 amide bonds. The molecule has 162 valence electrons. The number of hydrogen-bond acceptors (Lipinski definition) is 4. The summed E-state index contributed by atoms with van der Waals surface area (Å²) in [5.74, 6) is 1.96. The van der Waals surface area contributed by atoms with Gasteiger partial charge in [0.25, 0.3) is 5.56 Å². The van der Waals surface area contributed by atoms with E-state index in [1.165, 1.54) is 16.3 Å². The van der Waals surface area contributed by atoms with Gasteiger partial charge in [-0.1, -0.05) is 41.9 Å². The lowest BCUT2D eigenvalue weighted by Gasteiger charge is -2.29. The van der Waals surface area contributed by atoms with Gasteiger partial charge in [0.15, 0.2) is 0 Å². The molecule has 2 aromatic carbocycles. The maximum absolute atomic E-state index is 13.1. The molecule has 2 atom stereocenters. The summed E-state index contributed by atoms with van der Waals surface area (Å²) in [5, 5.41) is 3.09. The first-order chi connectivity index (χ1) is 15.6. The van der Waals surface area contributed by atoms with Gasteiger partial charge in [-0.05, 0) is 42.3 Å². The van der Waals surface area contributed by atoms with Crippen molar-refractivity contribution in [3.8, 4) is 5.75 Å². The molecule has 0 saturated carbocycles. The number of benzene rings is 2. The van der Waals surface area contributed by atoms with Crippen LogP contribution in [0.1, 0.15) is 22.7 Å². The molecule has 0 spiro atoms. The number of halogens is 1. The Labute approximate surface area is 191 Å². The van der Waals surface area contributed by atoms with Gasteiger partial charge < -0.3 is 9.64 Å². The predicted molar refractivity (Wildman–Crippen MR) is 127 cm³/mol. The van der Waals surface area contributed by atoms with E-state index in [1.54, 1.807) is 22.7 Å². The van der Waals surface area contributed by atoms with E-state index >= 15 is 0 Å². The van der Waals surface area contributed by atoms with Crippen LogP contribution < -0.4 is 10.3 Å². The summed E-state index contributed by atoms with van der Waals surface area (Å²) in [6, 6.07) is 16.4. The first-order valence-corrected chi connectivity index (χ1v) is 11.5. The molecule has 0 unspecified atom stereocenters. The van der Waals surface area contributed by atoms with Crippen molar-refractivity contribution in [2.75, 3.05) is 26.2 Å². The first kappa shape index (κ1) is 19.8. The van der Waals surface area contributed by atoms with Gasteiger partial charge in [-0.3, -0.25) is 9.20 Å². The molecule has 1 saturated heterocycles. The van der Waals surface area contributed by atoms with Crippen molar-refractivity contribution >= 4 is 28.0 Å². The Morgan fingerprint density at radius 1 is 1.12 bits per heavy atom. The predicted octanol–water partition coefficient (Wildman–Crippen LogP) is 4.46. The average Bonchev–Trinajstić information content (AvgIpc) is 3.22. The number of likely N-dealkylation sites (tertiary alicyclic amines) is 1. The lowest BCUT2D eigenvalue weighted by atomic mass is 9.84. The largest absolute Gasteiger partial charge is 0.493 e. The fourth-order valence-corrected chi connectivity index (χ4v) is 5.60. The fourth-order valence-electron chi connectivity index (χ4n) is 5.44. The topological polar surface area (TPSA) is 46.8 Å². The van der Waals surface area contributed by atoms with Crippen LogP contribution in [0, 0.1) is 12.8 Å². The minimum atomic E-state index is -0.0220. The molecule has 6 heteroatoms. The number of nitrogens with zero attached hydrogens (tertiary/aromatic N) is 3. The lowest BCUT2D eigenvalue weighted by molar-refractivity contribution is 0.214. The number of fused-ring (bicyclic) bond motifs is 6. The summed E-state index contributed by atoms with van der Waals surface area (Å²) < 4.78 is 7.71. The fraction of sp³-hybridized carbons (Fsp3) is 0.308. The molecule has 2 aromatic heterocycles. The molecular formula is C26H24ClN3O2. The Bertz CT molecular complexity index is 1410. The monoisotopic (exact) mass is 445 g/mol. The molecule has 4 aromatic rings. The highest BCUT2D eigenvalue weighted by Crippen LogP contribution is 2.45. The third kappa shape index (κ3) is 3.19. The second kappa shape index (κ2) is 7.61. The summed E-state index contributed by atoms with van der Waals surface area (Å²) in [7, 11) is 0. The molecular weight excluding hydrogens is 422 g/mol. The number of pyridine rings is 1. The molecule has 0 bridgehead atoms. The number of aryl methyl sites for hydroxylation is 1. The van der Waals surface area contributed by atoms with Crippen LogP contribution in [0.25, 0.3) is 16.4 Å². The normalized spacial score (nSPS) is 20.3. The molecule has 5 nitrogen and oxygen atoms in total. The van der Waals surface area contributed by atoms with Gasteiger partial charge >= 0.3 is 0 Å². The molecule has 0 N–H and O–H groups in total. The lowest BCUT2D eigenvalue weighted by Crippen LogP contribution is -2.28. The molecule has 0 radical (unpaired) electrons. The highest BCUT2D eigenvalue weighted by atomic mass is 35.5. The van der Waals surface area contributed by atoms with Crippen LogP contribution in [-0.4, -0.2) is 40.5 Å². The van der Waals surface area contributed by atoms with Gasteiger partial charge in [0.05, 0.1) is 11.6 Å². The molecule has 2 aliphatic rings. The zero-order valence-electron chi connectivity index (χ0n) is 17.9. The minimum Gasteiger partial charge on any atom is -0.493 e. The molecule has 4 heterocycles. The number of ether oxygens (including phenoxy) is 1. The van der Waals surface area contributed by atoms with E-state index in [9.17, 15) is 4.79 Å². The maximum atomic E-state index is 13.1. The van der Waals surface area contributed by atoms with Gasteiger partial charge in [-0.15, -0.1) is 0 Å². The van der Waals surface area contributed by atoms with Crippen molar-refractivity contribution in [1.82, 2.24) is 14.3 Å². The standard InChI is InChI=1S/C26H24ClN3O2/c1-16-20(26(31)30-13-19(27)7-9-24(30)28-16)10-11-29-12-18-15-32-23-8-6-17-4-2-3-5-21(17)25(23)22(18)14-29/h2-9,13,18,22H,10-12,14-15H2,1H3/t18-,22-/m1/s1. The van der Waals surface area contributed by atoms with E-state index in [2.05, 4.69) is 46.3 Å². The van der Waals surface area contributed by atoms with Crippen molar-refractivity contribution < 1.29 is 4.74 Å². The second-order valence-corrected chi connectivity index (χ2v) is 9.38. The SMILES string of the molecule is Cc1nc2ccc(Cl)cn2c(=O)c1CCN1C[C@@H]2COc3ccc4ccccc4c3[C@@H]2C1. The van der Waals surface area contributed by atoms with Crippen molar-refractivity contribution in [2.45, 2.75) is 19.3 Å². The molecule has 32 heavy (non-hydrogen) atoms. The summed E-state index contributed by atoms with van der Waals surface area (Å²) in [6.45, 7) is 5.48. The second-order valence-electron chi connectivity index (χ2n) is 8.94. The molecule has 1 fully saturated rings. The van der Waals surface area contributed by atoms with Gasteiger partial charge in [-0.2, -0.15) is 0 Å². The van der Waals surface area contributed by atoms with Crippen LogP contribution in [0.15, 0.2) is 59.5 Å². The zero-order valence-corrected chi connectivity index (χ0v) is 18.7. The van der Waals surface area contributed by atoms with Crippen molar-refractivity contribution in [1.29, 1.82) is 0 Å². The van der Waals surface area contributed by atoms with Crippen molar-refractivity contribution in [3.63, 3.8) is 0 Å². The minimum absolute atomic E-state index is 0.0220. The maximum Gasteiger partial charge on any atom is 0.261 e. The van der Waals surface area contributed by atoms with Crippen LogP contribution in [0.4, 0.5) is 0 Å². The van der Waals surface area contributed by atoms with Gasteiger partial charge in [0.2, 0.25) is 0 Å². The van der Waals surface area contributed by atoms with Gasteiger partial charge in [-0.25, -0.2) is 4.98 Å². The van der Waals surface area contributed by atoms with E-state index < -0.39 is 0 Å². The highest BCUT2D eigenvalue weighted by molar-refractivity contribution is 6.30. The summed E-state index contributed by atoms with van der Waals surface area (Å²) in [5.41, 5.74) is 3.52. The third-order valence-corrected chi connectivity index (χ3v) is 7.26. The zero-order chi connectivity index (χ0) is 21.8. The van der Waals surface area contributed by atoms with Gasteiger partial charge in [0, 0.05) is 54.5 Å². The Balaban J connectivity index is 1.27. The van der Waals surface area contributed by atoms with E-state index in [0.717, 1.165) is 43.2 Å². The van der Waals surface area contributed by atoms with E-state index in [1.807, 2.05) is 6.92 Å². The highest BCUT2D eigenvalue weighted by Gasteiger charge is 2.39. The Kier molecular flexibility index (Phi) is 4.70. The number of aromatic nitrogens is 2. The summed E-state index contributed by atoms with van der Waals surface area (Å²) in [6.07, 6.45) is 2.33. The molecule has 6 rings (SSSR count). The first-order valence-electron chi connectivity index (χ1n) is 11.1. The average molecular weight is 446 g/mol. The van der Waals surface area contributed by atoms with Crippen LogP contribution in [0.2, 0.25) is 5.02 Å². The van der Waals surface area contributed by atoms with Crippen molar-refractivity contribution in [2.24, 2.45) is 5.92 Å². The third-order valence-electron chi connectivity index (χ3n) is 7.04. The van der Waals surface area contributed by atoms with Crippen LogP contribution in [-0.2, 0) is 6.42 Å². The van der Waals surface area contributed by atoms with Crippen LogP contribution >= 0.6 is 11.6 Å². The smallest absolute Gasteiger partial charge is 0.261 e. The quantitative estimate of drug-likeness (QED) is 0.467. The number of rotatable bonds is 3. The summed E-state index contributed by atoms with van der Waals surface area (Å²) >= 11 is 6.11. The summed E-state index contributed by atoms with van der Waals surface area (Å²) in [4.78, 5) is 20.2.